The maximum atomic E-state index is 12.3. The topological polar surface area (TPSA) is 104 Å². The summed E-state index contributed by atoms with van der Waals surface area (Å²) in [5.74, 6) is -0.967. The number of benzene rings is 1. The molecule has 0 saturated carbocycles. The first-order chi connectivity index (χ1) is 13.2. The smallest absolute Gasteiger partial charge is 0.303 e. The molecule has 7 nitrogen and oxygen atoms in total. The summed E-state index contributed by atoms with van der Waals surface area (Å²) < 4.78 is 24.3. The number of fused-ring (bicyclic) bond motifs is 1. The zero-order valence-corrected chi connectivity index (χ0v) is 17.5. The lowest BCUT2D eigenvalue weighted by Gasteiger charge is -2.28. The highest BCUT2D eigenvalue weighted by atomic mass is 32.2. The van der Waals surface area contributed by atoms with Crippen LogP contribution in [0.25, 0.3) is 0 Å². The minimum Gasteiger partial charge on any atom is -0.481 e. The molecule has 0 aliphatic carbocycles. The molecule has 2 aliphatic heterocycles. The summed E-state index contributed by atoms with van der Waals surface area (Å²) in [7, 11) is -3.12. The third kappa shape index (κ3) is 4.57. The molecule has 1 N–H and O–H groups in total. The lowest BCUT2D eigenvalue weighted by Crippen LogP contribution is -2.38. The number of carbonyl (C=O) groups is 2. The largest absolute Gasteiger partial charge is 0.481 e. The van der Waals surface area contributed by atoms with Crippen LogP contribution in [0.15, 0.2) is 29.3 Å². The number of aliphatic imine (C=N–C) groups is 1. The molecular formula is C19H24N2O5S2. The Hall–Kier alpha value is -1.87. The van der Waals surface area contributed by atoms with Gasteiger partial charge in [-0.3, -0.25) is 9.59 Å². The predicted molar refractivity (Wildman–Crippen MR) is 111 cm³/mol. The second-order valence-corrected chi connectivity index (χ2v) is 10.8. The molecule has 0 unspecified atom stereocenters. The van der Waals surface area contributed by atoms with Crippen LogP contribution in [0.5, 0.6) is 0 Å². The van der Waals surface area contributed by atoms with Crippen molar-refractivity contribution in [1.29, 1.82) is 0 Å². The lowest BCUT2D eigenvalue weighted by atomic mass is 9.99. The van der Waals surface area contributed by atoms with Gasteiger partial charge in [-0.1, -0.05) is 43.8 Å². The van der Waals surface area contributed by atoms with Gasteiger partial charge in [0, 0.05) is 23.8 Å². The lowest BCUT2D eigenvalue weighted by molar-refractivity contribution is -0.137. The van der Waals surface area contributed by atoms with E-state index in [4.69, 9.17) is 5.11 Å². The number of hydrogen-bond donors (Lipinski definition) is 1. The summed E-state index contributed by atoms with van der Waals surface area (Å²) in [6, 6.07) is 7.54. The number of carboxylic acid groups (broad SMARTS) is 1. The van der Waals surface area contributed by atoms with Gasteiger partial charge >= 0.3 is 5.97 Å². The molecule has 0 aromatic heterocycles. The highest BCUT2D eigenvalue weighted by molar-refractivity contribution is 8.16. The molecule has 9 heteroatoms. The van der Waals surface area contributed by atoms with E-state index in [1.165, 1.54) is 11.8 Å². The Balaban J connectivity index is 1.93. The van der Waals surface area contributed by atoms with E-state index in [2.05, 4.69) is 18.8 Å². The van der Waals surface area contributed by atoms with Crippen LogP contribution in [0.1, 0.15) is 44.6 Å². The molecule has 2 aliphatic rings. The molecule has 2 saturated heterocycles. The average molecular weight is 425 g/mol. The van der Waals surface area contributed by atoms with Gasteiger partial charge in [0.15, 0.2) is 15.0 Å². The standard InChI is InChI=1S/C19H24N2O5S2/c1-12(2)13-6-3-4-7-14(13)21-15-10-28(25,26)11-16(15)27-19(21)20-17(22)8-5-9-18(23)24/h3-4,6-7,12,15-16H,5,8-11H2,1-2H3,(H,23,24)/t15-,16+/m0/s1. The average Bonchev–Trinajstić information content (AvgIpc) is 3.05. The van der Waals surface area contributed by atoms with Crippen molar-refractivity contribution in [3.05, 3.63) is 29.8 Å². The summed E-state index contributed by atoms with van der Waals surface area (Å²) in [5.41, 5.74) is 1.95. The van der Waals surface area contributed by atoms with Gasteiger partial charge in [0.2, 0.25) is 5.91 Å². The first-order valence-corrected chi connectivity index (χ1v) is 12.0. The Kier molecular flexibility index (Phi) is 6.14. The van der Waals surface area contributed by atoms with Gasteiger partial charge in [-0.2, -0.15) is 4.99 Å². The van der Waals surface area contributed by atoms with Gasteiger partial charge in [-0.25, -0.2) is 8.42 Å². The van der Waals surface area contributed by atoms with Crippen LogP contribution in [0, 0.1) is 0 Å². The van der Waals surface area contributed by atoms with Crippen LogP contribution in [0.4, 0.5) is 5.69 Å². The number of rotatable bonds is 6. The number of amidine groups is 1. The normalized spacial score (nSPS) is 24.7. The van der Waals surface area contributed by atoms with E-state index in [1.54, 1.807) is 0 Å². The fourth-order valence-electron chi connectivity index (χ4n) is 3.59. The Morgan fingerprint density at radius 1 is 1.25 bits per heavy atom. The van der Waals surface area contributed by atoms with Gasteiger partial charge in [0.05, 0.1) is 17.5 Å². The summed E-state index contributed by atoms with van der Waals surface area (Å²) in [5, 5.41) is 9.08. The maximum Gasteiger partial charge on any atom is 0.303 e. The number of nitrogens with zero attached hydrogens (tertiary/aromatic N) is 2. The number of thioether (sulfide) groups is 1. The molecule has 3 rings (SSSR count). The van der Waals surface area contributed by atoms with Gasteiger partial charge in [0.25, 0.3) is 0 Å². The van der Waals surface area contributed by atoms with E-state index < -0.39 is 15.8 Å². The number of amides is 1. The van der Waals surface area contributed by atoms with Gasteiger partial charge in [-0.15, -0.1) is 0 Å². The van der Waals surface area contributed by atoms with E-state index in [0.29, 0.717) is 5.17 Å². The molecule has 152 valence electrons. The van der Waals surface area contributed by atoms with Crippen molar-refractivity contribution in [2.75, 3.05) is 16.4 Å². The zero-order valence-electron chi connectivity index (χ0n) is 15.9. The molecule has 1 amide bonds. The Bertz CT molecular complexity index is 911. The van der Waals surface area contributed by atoms with E-state index in [1.807, 2.05) is 29.2 Å². The molecule has 0 spiro atoms. The van der Waals surface area contributed by atoms with Crippen LogP contribution >= 0.6 is 11.8 Å². The minimum absolute atomic E-state index is 0.0450. The number of aliphatic carboxylic acids is 1. The molecule has 2 heterocycles. The van der Waals surface area contributed by atoms with Crippen LogP contribution in [0.3, 0.4) is 0 Å². The summed E-state index contributed by atoms with van der Waals surface area (Å²) in [6.07, 6.45) is 0.218. The Morgan fingerprint density at radius 3 is 2.64 bits per heavy atom. The summed E-state index contributed by atoms with van der Waals surface area (Å²) in [6.45, 7) is 4.14. The van der Waals surface area contributed by atoms with Crippen LogP contribution in [-0.4, -0.2) is 53.4 Å². The van der Waals surface area contributed by atoms with E-state index >= 15 is 0 Å². The van der Waals surface area contributed by atoms with Crippen molar-refractivity contribution in [1.82, 2.24) is 0 Å². The third-order valence-corrected chi connectivity index (χ3v) is 8.10. The maximum absolute atomic E-state index is 12.3. The molecule has 1 aromatic carbocycles. The summed E-state index contributed by atoms with van der Waals surface area (Å²) >= 11 is 1.33. The number of carbonyl (C=O) groups excluding carboxylic acids is 1. The molecule has 0 bridgehead atoms. The molecule has 28 heavy (non-hydrogen) atoms. The Morgan fingerprint density at radius 2 is 1.96 bits per heavy atom. The van der Waals surface area contributed by atoms with Crippen LogP contribution in [0.2, 0.25) is 0 Å². The van der Waals surface area contributed by atoms with Crippen molar-refractivity contribution in [2.45, 2.75) is 50.3 Å². The highest BCUT2D eigenvalue weighted by Crippen LogP contribution is 2.43. The SMILES string of the molecule is CC(C)c1ccccc1N1C(=NC(=O)CCCC(=O)O)S[C@@H]2CS(=O)(=O)C[C@@H]21. The fraction of sp³-hybridized carbons (Fsp3) is 0.526. The van der Waals surface area contributed by atoms with Gasteiger partial charge in [-0.05, 0) is 24.0 Å². The molecule has 0 radical (unpaired) electrons. The number of sulfone groups is 1. The minimum atomic E-state index is -3.12. The van der Waals surface area contributed by atoms with E-state index in [-0.39, 0.29) is 53.9 Å². The monoisotopic (exact) mass is 424 g/mol. The van der Waals surface area contributed by atoms with Crippen LogP contribution in [-0.2, 0) is 19.4 Å². The predicted octanol–water partition coefficient (Wildman–Crippen LogP) is 2.67. The molecule has 2 fully saturated rings. The van der Waals surface area contributed by atoms with Crippen molar-refractivity contribution in [3.63, 3.8) is 0 Å². The summed E-state index contributed by atoms with van der Waals surface area (Å²) in [4.78, 5) is 29.1. The van der Waals surface area contributed by atoms with E-state index in [9.17, 15) is 18.0 Å². The first-order valence-electron chi connectivity index (χ1n) is 9.26. The van der Waals surface area contributed by atoms with Crippen molar-refractivity contribution in [3.8, 4) is 0 Å². The Labute approximate surface area is 169 Å². The third-order valence-electron chi connectivity index (χ3n) is 4.89. The van der Waals surface area contributed by atoms with Crippen molar-refractivity contribution < 1.29 is 23.1 Å². The molecular weight excluding hydrogens is 400 g/mol. The van der Waals surface area contributed by atoms with Crippen LogP contribution < -0.4 is 4.90 Å². The molecule has 1 aromatic rings. The molecule has 2 atom stereocenters. The quantitative estimate of drug-likeness (QED) is 0.748. The second kappa shape index (κ2) is 8.24. The number of hydrogen-bond acceptors (Lipinski definition) is 5. The zero-order chi connectivity index (χ0) is 20.5. The van der Waals surface area contributed by atoms with Crippen molar-refractivity contribution >= 4 is 44.3 Å². The van der Waals surface area contributed by atoms with Gasteiger partial charge < -0.3 is 10.0 Å². The van der Waals surface area contributed by atoms with E-state index in [0.717, 1.165) is 11.3 Å². The first kappa shape index (κ1) is 20.9. The van der Waals surface area contributed by atoms with Crippen molar-refractivity contribution in [2.24, 2.45) is 4.99 Å². The number of anilines is 1. The second-order valence-electron chi connectivity index (χ2n) is 7.42. The number of carboxylic acids is 1. The highest BCUT2D eigenvalue weighted by Gasteiger charge is 2.49. The number of para-hydroxylation sites is 1. The van der Waals surface area contributed by atoms with Gasteiger partial charge in [0.1, 0.15) is 0 Å². The fourth-order valence-corrected chi connectivity index (χ4v) is 7.52.